The summed E-state index contributed by atoms with van der Waals surface area (Å²) in [4.78, 5) is 12.1. The van der Waals surface area contributed by atoms with Gasteiger partial charge in [-0.3, -0.25) is 4.79 Å². The number of amides is 1. The molecule has 0 aromatic carbocycles. The van der Waals surface area contributed by atoms with Gasteiger partial charge in [0.1, 0.15) is 0 Å². The summed E-state index contributed by atoms with van der Waals surface area (Å²) in [6, 6.07) is -0.225. The van der Waals surface area contributed by atoms with Crippen molar-refractivity contribution in [1.82, 2.24) is 5.32 Å². The van der Waals surface area contributed by atoms with Crippen LogP contribution in [0, 0.1) is 11.8 Å². The molecule has 2 saturated carbocycles. The number of hydrogen-bond acceptors (Lipinski definition) is 2. The van der Waals surface area contributed by atoms with Crippen LogP contribution in [0.1, 0.15) is 51.4 Å². The van der Waals surface area contributed by atoms with Crippen LogP contribution in [-0.2, 0) is 4.79 Å². The van der Waals surface area contributed by atoms with E-state index >= 15 is 0 Å². The van der Waals surface area contributed by atoms with Gasteiger partial charge in [0, 0.05) is 5.92 Å². The number of alkyl halides is 3. The van der Waals surface area contributed by atoms with Crippen molar-refractivity contribution in [3.63, 3.8) is 0 Å². The zero-order valence-corrected chi connectivity index (χ0v) is 11.5. The molecule has 2 aliphatic carbocycles. The van der Waals surface area contributed by atoms with Crippen molar-refractivity contribution in [3.8, 4) is 0 Å². The van der Waals surface area contributed by atoms with Crippen LogP contribution in [0.15, 0.2) is 0 Å². The fourth-order valence-electron chi connectivity index (χ4n) is 3.26. The van der Waals surface area contributed by atoms with Gasteiger partial charge in [0.05, 0.1) is 18.1 Å². The predicted molar refractivity (Wildman–Crippen MR) is 67.9 cm³/mol. The minimum absolute atomic E-state index is 0.0365. The Morgan fingerprint density at radius 2 is 1.60 bits per heavy atom. The van der Waals surface area contributed by atoms with E-state index in [1.165, 1.54) is 0 Å². The van der Waals surface area contributed by atoms with Crippen LogP contribution >= 0.6 is 0 Å². The fraction of sp³-hybridized carbons (Fsp3) is 0.929. The molecule has 0 aromatic rings. The van der Waals surface area contributed by atoms with Gasteiger partial charge in [-0.05, 0) is 38.5 Å². The quantitative estimate of drug-likeness (QED) is 0.822. The topological polar surface area (TPSA) is 49.3 Å². The van der Waals surface area contributed by atoms with E-state index in [9.17, 15) is 23.1 Å². The summed E-state index contributed by atoms with van der Waals surface area (Å²) in [6.07, 6.45) is -0.620. The van der Waals surface area contributed by atoms with Crippen LogP contribution < -0.4 is 5.32 Å². The predicted octanol–water partition coefficient (Wildman–Crippen LogP) is 2.77. The monoisotopic (exact) mass is 293 g/mol. The van der Waals surface area contributed by atoms with E-state index in [0.717, 1.165) is 19.3 Å². The Balaban J connectivity index is 1.80. The van der Waals surface area contributed by atoms with Gasteiger partial charge in [-0.15, -0.1) is 0 Å². The van der Waals surface area contributed by atoms with Crippen molar-refractivity contribution in [2.24, 2.45) is 11.8 Å². The third-order valence-electron chi connectivity index (χ3n) is 4.62. The number of halogens is 3. The third kappa shape index (κ3) is 3.87. The van der Waals surface area contributed by atoms with Gasteiger partial charge in [-0.25, -0.2) is 0 Å². The summed E-state index contributed by atoms with van der Waals surface area (Å²) in [6.45, 7) is 0. The van der Waals surface area contributed by atoms with E-state index in [1.807, 2.05) is 0 Å². The van der Waals surface area contributed by atoms with Gasteiger partial charge in [0.2, 0.25) is 5.91 Å². The summed E-state index contributed by atoms with van der Waals surface area (Å²) in [5, 5.41) is 12.6. The summed E-state index contributed by atoms with van der Waals surface area (Å²) >= 11 is 0. The first-order valence-corrected chi connectivity index (χ1v) is 7.43. The second-order valence-electron chi connectivity index (χ2n) is 6.06. The number of hydrogen-bond donors (Lipinski definition) is 2. The molecule has 1 amide bonds. The Labute approximate surface area is 116 Å². The van der Waals surface area contributed by atoms with Crippen molar-refractivity contribution >= 4 is 5.91 Å². The highest BCUT2D eigenvalue weighted by molar-refractivity contribution is 5.79. The molecule has 0 spiro atoms. The number of rotatable bonds is 2. The molecule has 2 aliphatic rings. The molecule has 0 aliphatic heterocycles. The Bertz CT molecular complexity index is 338. The van der Waals surface area contributed by atoms with E-state index in [-0.39, 0.29) is 30.7 Å². The Morgan fingerprint density at radius 1 is 1.00 bits per heavy atom. The van der Waals surface area contributed by atoms with Crippen molar-refractivity contribution in [3.05, 3.63) is 0 Å². The van der Waals surface area contributed by atoms with E-state index in [1.54, 1.807) is 0 Å². The lowest BCUT2D eigenvalue weighted by Gasteiger charge is -2.32. The van der Waals surface area contributed by atoms with E-state index in [4.69, 9.17) is 0 Å². The summed E-state index contributed by atoms with van der Waals surface area (Å²) in [7, 11) is 0. The van der Waals surface area contributed by atoms with Crippen LogP contribution in [0.2, 0.25) is 0 Å². The average molecular weight is 293 g/mol. The van der Waals surface area contributed by atoms with Gasteiger partial charge in [0.15, 0.2) is 0 Å². The van der Waals surface area contributed by atoms with Crippen LogP contribution in [-0.4, -0.2) is 29.3 Å². The molecule has 3 nitrogen and oxygen atoms in total. The number of nitrogens with one attached hydrogen (secondary N) is 1. The first-order chi connectivity index (χ1) is 9.38. The van der Waals surface area contributed by atoms with Crippen molar-refractivity contribution < 1.29 is 23.1 Å². The lowest BCUT2D eigenvalue weighted by molar-refractivity contribution is -0.184. The van der Waals surface area contributed by atoms with Crippen molar-refractivity contribution in [2.75, 3.05) is 0 Å². The molecule has 0 heterocycles. The van der Waals surface area contributed by atoms with Gasteiger partial charge >= 0.3 is 6.18 Å². The van der Waals surface area contributed by atoms with Crippen LogP contribution in [0.4, 0.5) is 13.2 Å². The maximum atomic E-state index is 12.6. The molecular weight excluding hydrogens is 271 g/mol. The minimum Gasteiger partial charge on any atom is -0.391 e. The van der Waals surface area contributed by atoms with E-state index in [2.05, 4.69) is 5.32 Å². The first-order valence-electron chi connectivity index (χ1n) is 7.43. The van der Waals surface area contributed by atoms with Gasteiger partial charge in [-0.1, -0.05) is 12.8 Å². The van der Waals surface area contributed by atoms with Crippen LogP contribution in [0.5, 0.6) is 0 Å². The summed E-state index contributed by atoms with van der Waals surface area (Å²) < 4.78 is 37.7. The molecule has 2 N–H and O–H groups in total. The smallest absolute Gasteiger partial charge is 0.391 e. The molecule has 2 rings (SSSR count). The standard InChI is InChI=1S/C14H22F3NO2/c15-14(16,17)10-7-5-9(6-8-10)13(20)18-11-3-1-2-4-12(11)19/h9-12,19H,1-8H2,(H,18,20)/t9?,10?,11-,12-/m1/s1. The number of aliphatic hydroxyl groups is 1. The van der Waals surface area contributed by atoms with Gasteiger partial charge in [0.25, 0.3) is 0 Å². The zero-order valence-electron chi connectivity index (χ0n) is 11.5. The molecule has 0 aromatic heterocycles. The Morgan fingerprint density at radius 3 is 2.15 bits per heavy atom. The summed E-state index contributed by atoms with van der Waals surface area (Å²) in [5.41, 5.74) is 0. The van der Waals surface area contributed by atoms with Crippen LogP contribution in [0.3, 0.4) is 0 Å². The molecule has 2 atom stereocenters. The number of carbonyl (C=O) groups excluding carboxylic acids is 1. The average Bonchev–Trinajstić information content (AvgIpc) is 2.40. The molecule has 6 heteroatoms. The normalized spacial score (nSPS) is 35.6. The molecule has 0 saturated heterocycles. The largest absolute Gasteiger partial charge is 0.391 e. The van der Waals surface area contributed by atoms with Crippen LogP contribution in [0.25, 0.3) is 0 Å². The molecule has 116 valence electrons. The first kappa shape index (κ1) is 15.6. The minimum atomic E-state index is -4.14. The Hall–Kier alpha value is -0.780. The zero-order chi connectivity index (χ0) is 14.8. The third-order valence-corrected chi connectivity index (χ3v) is 4.62. The van der Waals surface area contributed by atoms with Crippen molar-refractivity contribution in [1.29, 1.82) is 0 Å². The molecule has 0 radical (unpaired) electrons. The van der Waals surface area contributed by atoms with E-state index < -0.39 is 18.2 Å². The SMILES string of the molecule is O=C(N[C@@H]1CCCC[C@H]1O)C1CCC(C(F)(F)F)CC1. The highest BCUT2D eigenvalue weighted by atomic mass is 19.4. The molecule has 0 bridgehead atoms. The second-order valence-corrected chi connectivity index (χ2v) is 6.06. The molecule has 20 heavy (non-hydrogen) atoms. The van der Waals surface area contributed by atoms with Crippen molar-refractivity contribution in [2.45, 2.75) is 69.7 Å². The fourth-order valence-corrected chi connectivity index (χ4v) is 3.26. The van der Waals surface area contributed by atoms with Gasteiger partial charge in [-0.2, -0.15) is 13.2 Å². The highest BCUT2D eigenvalue weighted by Crippen LogP contribution is 2.39. The Kier molecular flexibility index (Phi) is 4.94. The highest BCUT2D eigenvalue weighted by Gasteiger charge is 2.42. The molecular formula is C14H22F3NO2. The maximum absolute atomic E-state index is 12.6. The maximum Gasteiger partial charge on any atom is 0.391 e. The number of aliphatic hydroxyl groups excluding tert-OH is 1. The lowest BCUT2D eigenvalue weighted by Crippen LogP contribution is -2.47. The summed E-state index contributed by atoms with van der Waals surface area (Å²) in [5.74, 6) is -1.77. The molecule has 2 fully saturated rings. The number of carbonyl (C=O) groups is 1. The second kappa shape index (κ2) is 6.33. The molecule has 0 unspecified atom stereocenters. The van der Waals surface area contributed by atoms with E-state index in [0.29, 0.717) is 19.3 Å². The van der Waals surface area contributed by atoms with Gasteiger partial charge < -0.3 is 10.4 Å². The lowest BCUT2D eigenvalue weighted by atomic mass is 9.81.